The number of nitrogens with one attached hydrogen (secondary N) is 1. The molecule has 0 fully saturated rings. The fraction of sp³-hybridized carbons (Fsp3) is 0.211. The minimum Gasteiger partial charge on any atom is -0.395 e. The van der Waals surface area contributed by atoms with Crippen LogP contribution in [0.3, 0.4) is 0 Å². The summed E-state index contributed by atoms with van der Waals surface area (Å²) in [6.45, 7) is 2.44. The van der Waals surface area contributed by atoms with Crippen LogP contribution >= 0.6 is 11.6 Å². The predicted octanol–water partition coefficient (Wildman–Crippen LogP) is 5.70. The molecule has 1 unspecified atom stereocenters. The molecule has 0 spiro atoms. The molecule has 3 heterocycles. The molecule has 2 aromatic heterocycles. The third-order valence-electron chi connectivity index (χ3n) is 9.24. The number of amides is 1. The molecule has 0 aliphatic carbocycles. The van der Waals surface area contributed by atoms with Crippen LogP contribution in [-0.2, 0) is 23.5 Å². The summed E-state index contributed by atoms with van der Waals surface area (Å²) in [5.41, 5.74) is 2.83. The summed E-state index contributed by atoms with van der Waals surface area (Å²) < 4.78 is 3.21. The maximum Gasteiger partial charge on any atom is 0.279 e. The zero-order valence-electron chi connectivity index (χ0n) is 26.8. The second-order valence-electron chi connectivity index (χ2n) is 12.3. The molecule has 0 bridgehead atoms. The first-order valence-corrected chi connectivity index (χ1v) is 16.5. The fourth-order valence-electron chi connectivity index (χ4n) is 6.58. The van der Waals surface area contributed by atoms with Crippen LogP contribution in [0.1, 0.15) is 41.6 Å². The van der Waals surface area contributed by atoms with Gasteiger partial charge in [0.15, 0.2) is 5.60 Å². The first-order chi connectivity index (χ1) is 23.8. The quantitative estimate of drug-likeness (QED) is 0.151. The highest BCUT2D eigenvalue weighted by Crippen LogP contribution is 2.46. The van der Waals surface area contributed by atoms with E-state index >= 15 is 0 Å². The van der Waals surface area contributed by atoms with Crippen LogP contribution in [0.2, 0.25) is 5.02 Å². The van der Waals surface area contributed by atoms with Gasteiger partial charge in [0.25, 0.3) is 11.5 Å². The molecule has 0 saturated carbocycles. The number of hydrogen-bond donors (Lipinski definition) is 3. The molecule has 3 atom stereocenters. The largest absolute Gasteiger partial charge is 0.395 e. The minimum absolute atomic E-state index is 0.0786. The van der Waals surface area contributed by atoms with Gasteiger partial charge in [0, 0.05) is 29.2 Å². The lowest BCUT2D eigenvalue weighted by molar-refractivity contribution is -0.139. The van der Waals surface area contributed by atoms with Gasteiger partial charge in [-0.2, -0.15) is 0 Å². The number of aromatic amines is 1. The molecular weight excluding hydrogens is 640 g/mol. The number of aryl methyl sites for hydroxylation is 1. The van der Waals surface area contributed by atoms with Crippen molar-refractivity contribution in [2.75, 3.05) is 11.5 Å². The summed E-state index contributed by atoms with van der Waals surface area (Å²) in [6, 6.07) is 29.5. The maximum atomic E-state index is 14.1. The lowest BCUT2D eigenvalue weighted by atomic mass is 9.83. The number of H-pyrrole nitrogens is 1. The summed E-state index contributed by atoms with van der Waals surface area (Å²) in [5, 5.41) is 34.8. The van der Waals surface area contributed by atoms with E-state index in [1.165, 1.54) is 4.68 Å². The number of halogens is 1. The van der Waals surface area contributed by atoms with Crippen LogP contribution in [-0.4, -0.2) is 47.5 Å². The van der Waals surface area contributed by atoms with Crippen LogP contribution in [0.5, 0.6) is 0 Å². The first kappa shape index (κ1) is 32.3. The van der Waals surface area contributed by atoms with Crippen molar-refractivity contribution in [1.29, 1.82) is 0 Å². The van der Waals surface area contributed by atoms with Crippen LogP contribution in [0.15, 0.2) is 120 Å². The lowest BCUT2D eigenvalue weighted by Gasteiger charge is -2.27. The van der Waals surface area contributed by atoms with Crippen molar-refractivity contribution in [3.63, 3.8) is 0 Å². The van der Waals surface area contributed by atoms with Crippen LogP contribution in [0, 0.1) is 5.92 Å². The van der Waals surface area contributed by atoms with Crippen molar-refractivity contribution in [3.8, 4) is 5.69 Å². The van der Waals surface area contributed by atoms with Crippen LogP contribution in [0.4, 0.5) is 5.69 Å². The minimum atomic E-state index is -1.84. The molecule has 1 aliphatic rings. The predicted molar refractivity (Wildman–Crippen MR) is 189 cm³/mol. The Morgan fingerprint density at radius 1 is 0.980 bits per heavy atom. The molecule has 0 saturated heterocycles. The molecule has 10 nitrogen and oxygen atoms in total. The molecule has 49 heavy (non-hydrogen) atoms. The third-order valence-corrected chi connectivity index (χ3v) is 9.48. The number of aliphatic hydroxyl groups excluding tert-OH is 1. The Labute approximate surface area is 287 Å². The summed E-state index contributed by atoms with van der Waals surface area (Å²) in [4.78, 5) is 28.8. The van der Waals surface area contributed by atoms with E-state index in [1.807, 2.05) is 98.1 Å². The molecule has 1 aliphatic heterocycles. The smallest absolute Gasteiger partial charge is 0.279 e. The number of benzene rings is 4. The van der Waals surface area contributed by atoms with Crippen molar-refractivity contribution < 1.29 is 15.0 Å². The second kappa shape index (κ2) is 13.3. The van der Waals surface area contributed by atoms with Crippen molar-refractivity contribution in [1.82, 2.24) is 24.8 Å². The number of fused-ring (bicyclic) bond motifs is 2. The van der Waals surface area contributed by atoms with Crippen LogP contribution < -0.4 is 10.5 Å². The molecular formula is C38H35ClN6O4. The van der Waals surface area contributed by atoms with E-state index in [0.717, 1.165) is 16.6 Å². The number of allylic oxidation sites excluding steroid dienone is 1. The highest BCUT2D eigenvalue weighted by atomic mass is 35.5. The van der Waals surface area contributed by atoms with Crippen molar-refractivity contribution in [3.05, 3.63) is 153 Å². The van der Waals surface area contributed by atoms with Gasteiger partial charge in [-0.3, -0.25) is 19.4 Å². The second-order valence-corrected chi connectivity index (χ2v) is 12.8. The Bertz CT molecular complexity index is 2220. The highest BCUT2D eigenvalue weighted by Gasteiger charge is 2.52. The molecule has 7 rings (SSSR count). The van der Waals surface area contributed by atoms with Gasteiger partial charge >= 0.3 is 0 Å². The molecule has 11 heteroatoms. The van der Waals surface area contributed by atoms with Gasteiger partial charge in [0.1, 0.15) is 0 Å². The topological polar surface area (TPSA) is 129 Å². The van der Waals surface area contributed by atoms with Gasteiger partial charge in [0.2, 0.25) is 0 Å². The fourth-order valence-corrected chi connectivity index (χ4v) is 6.75. The molecule has 6 aromatic rings. The summed E-state index contributed by atoms with van der Waals surface area (Å²) in [6.07, 6.45) is 6.18. The van der Waals surface area contributed by atoms with E-state index in [-0.39, 0.29) is 24.6 Å². The molecule has 3 N–H and O–H groups in total. The zero-order valence-corrected chi connectivity index (χ0v) is 27.5. The lowest BCUT2D eigenvalue weighted by Crippen LogP contribution is -2.44. The monoisotopic (exact) mass is 674 g/mol. The Kier molecular flexibility index (Phi) is 8.77. The van der Waals surface area contributed by atoms with E-state index in [0.29, 0.717) is 46.0 Å². The Balaban J connectivity index is 1.08. The van der Waals surface area contributed by atoms with E-state index < -0.39 is 17.4 Å². The standard InChI is InChI=1S/C38H35ClN6O4/c1-25(10-7-8-19-43-23-34(40-42-43)31(24-46)27-12-3-2-4-13-27)38(49)32-21-28(39)17-18-35(32)44(37(38)48)22-26-11-9-14-29(20-26)45-36(47)30-15-5-6-16-33(30)41-45/h2-7,9-18,20-21,23,25,31,41,46,49H,8,19,22,24H2,1H3/b10-7+/t25-,31?,38+/m0/s1. The number of hydrogen-bond acceptors (Lipinski definition) is 6. The number of nitrogens with zero attached hydrogens (tertiary/aromatic N) is 5. The zero-order chi connectivity index (χ0) is 34.1. The van der Waals surface area contributed by atoms with Gasteiger partial charge in [-0.25, -0.2) is 4.68 Å². The van der Waals surface area contributed by atoms with Gasteiger partial charge in [-0.1, -0.05) is 90.5 Å². The summed E-state index contributed by atoms with van der Waals surface area (Å²) in [5.74, 6) is -1.30. The molecule has 0 radical (unpaired) electrons. The first-order valence-electron chi connectivity index (χ1n) is 16.1. The summed E-state index contributed by atoms with van der Waals surface area (Å²) >= 11 is 6.39. The average molecular weight is 675 g/mol. The number of aliphatic hydroxyl groups is 2. The third kappa shape index (κ3) is 5.99. The van der Waals surface area contributed by atoms with E-state index in [1.54, 1.807) is 33.8 Å². The van der Waals surface area contributed by atoms with Crippen LogP contribution in [0.25, 0.3) is 16.6 Å². The van der Waals surface area contributed by atoms with Crippen molar-refractivity contribution >= 4 is 34.1 Å². The summed E-state index contributed by atoms with van der Waals surface area (Å²) in [7, 11) is 0. The number of carbonyl (C=O) groups is 1. The number of anilines is 1. The average Bonchev–Trinajstić information content (AvgIpc) is 3.78. The van der Waals surface area contributed by atoms with Gasteiger partial charge in [0.05, 0.1) is 47.0 Å². The Morgan fingerprint density at radius 2 is 1.78 bits per heavy atom. The number of para-hydroxylation sites is 1. The highest BCUT2D eigenvalue weighted by molar-refractivity contribution is 6.31. The van der Waals surface area contributed by atoms with Gasteiger partial charge in [-0.15, -0.1) is 5.10 Å². The van der Waals surface area contributed by atoms with Gasteiger partial charge in [-0.05, 0) is 60.0 Å². The van der Waals surface area contributed by atoms with Gasteiger partial charge < -0.3 is 15.1 Å². The maximum absolute atomic E-state index is 14.1. The molecule has 248 valence electrons. The Hall–Kier alpha value is -5.29. The molecule has 4 aromatic carbocycles. The normalized spacial score (nSPS) is 17.2. The van der Waals surface area contributed by atoms with E-state index in [9.17, 15) is 19.8 Å². The van der Waals surface area contributed by atoms with E-state index in [2.05, 4.69) is 15.4 Å². The van der Waals surface area contributed by atoms with Crippen molar-refractivity contribution in [2.45, 2.75) is 38.0 Å². The SMILES string of the molecule is C[C@@H](/C=C/CCn1cc(C(CO)c2ccccc2)nn1)[C@]1(O)C(=O)N(Cc2cccc(-n3[nH]c4ccccc4c3=O)c2)c2ccc(Cl)cc21. The Morgan fingerprint density at radius 3 is 2.57 bits per heavy atom. The number of rotatable bonds is 11. The molecule has 1 amide bonds. The van der Waals surface area contributed by atoms with Crippen molar-refractivity contribution in [2.24, 2.45) is 5.92 Å². The number of carbonyl (C=O) groups excluding carboxylic acids is 1. The number of aromatic nitrogens is 5. The van der Waals surface area contributed by atoms with E-state index in [4.69, 9.17) is 11.6 Å².